The summed E-state index contributed by atoms with van der Waals surface area (Å²) < 4.78 is 70.4. The Morgan fingerprint density at radius 1 is 0.945 bits per heavy atom. The quantitative estimate of drug-likeness (QED) is 0.164. The molecule has 3 fully saturated rings. The second-order valence-corrected chi connectivity index (χ2v) is 18.2. The van der Waals surface area contributed by atoms with E-state index in [4.69, 9.17) is 0 Å². The molecule has 1 unspecified atom stereocenters. The van der Waals surface area contributed by atoms with E-state index in [-0.39, 0.29) is 54.6 Å². The summed E-state index contributed by atoms with van der Waals surface area (Å²) in [5.41, 5.74) is 2.79. The zero-order chi connectivity index (χ0) is 39.0. The zero-order valence-electron chi connectivity index (χ0n) is 29.8. The van der Waals surface area contributed by atoms with E-state index in [0.717, 1.165) is 18.4 Å². The van der Waals surface area contributed by atoms with Crippen molar-refractivity contribution < 1.29 is 41.4 Å². The second-order valence-electron chi connectivity index (χ2n) is 14.5. The Bertz CT molecular complexity index is 2490. The number of amides is 3. The highest BCUT2D eigenvalue weighted by Gasteiger charge is 2.39. The first kappa shape index (κ1) is 37.1. The van der Waals surface area contributed by atoms with Crippen LogP contribution in [0.4, 0.5) is 10.1 Å². The van der Waals surface area contributed by atoms with E-state index >= 15 is 4.39 Å². The molecule has 1 aromatic heterocycles. The predicted octanol–water partition coefficient (Wildman–Crippen LogP) is 2.74. The minimum absolute atomic E-state index is 0.0556. The number of rotatable bonds is 8. The number of hydrogen-bond acceptors (Lipinski definition) is 11. The maximum absolute atomic E-state index is 15.8. The monoisotopic (exact) mass is 797 g/mol. The molecule has 8 rings (SSSR count). The lowest BCUT2D eigenvalue weighted by atomic mass is 9.89. The number of phenolic OH excluding ortho intramolecular Hbond substituents is 1. The van der Waals surface area contributed by atoms with Crippen molar-refractivity contribution in [3.05, 3.63) is 76.0 Å². The van der Waals surface area contributed by atoms with Gasteiger partial charge in [-0.05, 0) is 95.6 Å². The summed E-state index contributed by atoms with van der Waals surface area (Å²) in [6.07, 6.45) is 3.79. The van der Waals surface area contributed by atoms with Gasteiger partial charge in [-0.1, -0.05) is 24.3 Å². The van der Waals surface area contributed by atoms with Crippen LogP contribution in [-0.4, -0.2) is 104 Å². The number of aromatic nitrogens is 2. The van der Waals surface area contributed by atoms with Gasteiger partial charge < -0.3 is 10.0 Å². The number of imidazole rings is 1. The molecule has 5 N–H and O–H groups in total. The third kappa shape index (κ3) is 6.67. The number of benzene rings is 3. The fourth-order valence-corrected chi connectivity index (χ4v) is 10.7. The SMILES string of the molecule is Cn1c(=O)n(C2CCC(=O)NC2=O)c2ccc(C3CCN(CCS(=O)(=O)N4CC=C(c5ccc6cc(O)c(N7CC(=O)NS7(O)O)c(F)c6c5)C4)CC3)cc21. The standard InChI is InChI=1S/C36H40FN7O9S2/c1-40-29-17-23(4-5-27(29)44(36(40)49)28-6-7-31(46)38-35(28)48)21-8-11-41(12-9-21)14-15-54(50,51)42-13-10-25(19-42)22-2-3-24-18-30(45)34(33(37)26(24)16-22)43-20-32(47)39-55(43,52)53/h2-5,10,16-18,21,28,45,52-53H,6-9,11-15,19-20H2,1H3,(H,39,47)(H,38,46,48). The molecule has 19 heteroatoms. The van der Waals surface area contributed by atoms with Gasteiger partial charge in [0.05, 0.1) is 16.8 Å². The van der Waals surface area contributed by atoms with Gasteiger partial charge >= 0.3 is 5.69 Å². The molecule has 3 amide bonds. The Balaban J connectivity index is 0.890. The van der Waals surface area contributed by atoms with Crippen molar-refractivity contribution in [2.24, 2.45) is 7.05 Å². The van der Waals surface area contributed by atoms with E-state index in [0.29, 0.717) is 51.5 Å². The maximum atomic E-state index is 15.8. The number of halogens is 1. The number of anilines is 1. The van der Waals surface area contributed by atoms with Crippen molar-refractivity contribution in [2.75, 3.05) is 49.3 Å². The van der Waals surface area contributed by atoms with E-state index in [1.807, 2.05) is 22.9 Å². The number of aryl methyl sites for hydroxylation is 1. The first-order valence-electron chi connectivity index (χ1n) is 17.9. The van der Waals surface area contributed by atoms with E-state index in [9.17, 15) is 41.8 Å². The second kappa shape index (κ2) is 13.7. The van der Waals surface area contributed by atoms with Crippen molar-refractivity contribution in [2.45, 2.75) is 37.6 Å². The van der Waals surface area contributed by atoms with Crippen LogP contribution in [0.1, 0.15) is 48.8 Å². The molecule has 55 heavy (non-hydrogen) atoms. The van der Waals surface area contributed by atoms with Crippen molar-refractivity contribution in [3.63, 3.8) is 0 Å². The Hall–Kier alpha value is -4.79. The first-order valence-corrected chi connectivity index (χ1v) is 21.0. The lowest BCUT2D eigenvalue weighted by Gasteiger charge is -2.36. The number of carbonyl (C=O) groups is 3. The smallest absolute Gasteiger partial charge is 0.329 e. The lowest BCUT2D eigenvalue weighted by Crippen LogP contribution is -2.44. The molecule has 4 aliphatic rings. The van der Waals surface area contributed by atoms with Gasteiger partial charge in [0.2, 0.25) is 21.8 Å². The summed E-state index contributed by atoms with van der Waals surface area (Å²) in [5, 5.41) is 13.3. The molecule has 3 saturated heterocycles. The Morgan fingerprint density at radius 2 is 1.71 bits per heavy atom. The van der Waals surface area contributed by atoms with Gasteiger partial charge in [-0.2, -0.15) is 4.31 Å². The first-order chi connectivity index (χ1) is 26.1. The van der Waals surface area contributed by atoms with Gasteiger partial charge in [-0.3, -0.25) is 37.9 Å². The van der Waals surface area contributed by atoms with Crippen LogP contribution in [0.5, 0.6) is 5.75 Å². The van der Waals surface area contributed by atoms with E-state index in [1.54, 1.807) is 25.3 Å². The number of phenols is 1. The number of fused-ring (bicyclic) bond motifs is 2. The number of hydrogen-bond donors (Lipinski definition) is 5. The van der Waals surface area contributed by atoms with Gasteiger partial charge in [-0.15, -0.1) is 0 Å². The maximum Gasteiger partial charge on any atom is 0.329 e. The number of nitrogens with zero attached hydrogens (tertiary/aromatic N) is 5. The molecule has 0 radical (unpaired) electrons. The van der Waals surface area contributed by atoms with Gasteiger partial charge in [0.15, 0.2) is 5.82 Å². The highest BCUT2D eigenvalue weighted by Crippen LogP contribution is 2.51. The summed E-state index contributed by atoms with van der Waals surface area (Å²) >= 11 is 0. The largest absolute Gasteiger partial charge is 0.506 e. The summed E-state index contributed by atoms with van der Waals surface area (Å²) in [7, 11) is -5.87. The van der Waals surface area contributed by atoms with Crippen LogP contribution in [0.15, 0.2) is 53.3 Å². The van der Waals surface area contributed by atoms with Gasteiger partial charge in [0.25, 0.3) is 5.91 Å². The van der Waals surface area contributed by atoms with Gasteiger partial charge in [0, 0.05) is 38.5 Å². The molecule has 16 nitrogen and oxygen atoms in total. The minimum Gasteiger partial charge on any atom is -0.506 e. The minimum atomic E-state index is -3.88. The molecule has 292 valence electrons. The number of imide groups is 1. The van der Waals surface area contributed by atoms with Crippen LogP contribution in [0.25, 0.3) is 27.4 Å². The average Bonchev–Trinajstić information content (AvgIpc) is 3.82. The number of carbonyl (C=O) groups excluding carboxylic acids is 3. The van der Waals surface area contributed by atoms with Crippen molar-refractivity contribution >= 4 is 71.8 Å². The highest BCUT2D eigenvalue weighted by atomic mass is 32.3. The van der Waals surface area contributed by atoms with Crippen LogP contribution >= 0.6 is 11.0 Å². The third-order valence-electron chi connectivity index (χ3n) is 11.1. The van der Waals surface area contributed by atoms with Gasteiger partial charge in [0.1, 0.15) is 24.0 Å². The van der Waals surface area contributed by atoms with Crippen LogP contribution in [-0.2, 0) is 31.5 Å². The average molecular weight is 798 g/mol. The molecule has 0 spiro atoms. The fourth-order valence-electron chi connectivity index (χ4n) is 8.11. The predicted molar refractivity (Wildman–Crippen MR) is 204 cm³/mol. The number of sulfonamides is 1. The number of aromatic hydroxyl groups is 1. The van der Waals surface area contributed by atoms with E-state index < -0.39 is 62.6 Å². The lowest BCUT2D eigenvalue weighted by molar-refractivity contribution is -0.135. The molecule has 4 aliphatic heterocycles. The van der Waals surface area contributed by atoms with E-state index in [1.165, 1.54) is 25.6 Å². The van der Waals surface area contributed by atoms with Crippen LogP contribution < -0.4 is 20.0 Å². The molecular formula is C36H40FN7O9S2. The molecule has 4 aromatic rings. The zero-order valence-corrected chi connectivity index (χ0v) is 31.4. The molecule has 1 atom stereocenters. The number of piperidine rings is 2. The molecule has 3 aromatic carbocycles. The summed E-state index contributed by atoms with van der Waals surface area (Å²) in [6.45, 7) is 1.41. The third-order valence-corrected chi connectivity index (χ3v) is 14.3. The Morgan fingerprint density at radius 3 is 2.42 bits per heavy atom. The molecular weight excluding hydrogens is 758 g/mol. The van der Waals surface area contributed by atoms with Crippen molar-refractivity contribution in [1.29, 1.82) is 0 Å². The Labute approximate surface area is 316 Å². The number of likely N-dealkylation sites (tertiary alicyclic amines) is 1. The normalized spacial score (nSPS) is 22.0. The van der Waals surface area contributed by atoms with Crippen LogP contribution in [0.2, 0.25) is 0 Å². The highest BCUT2D eigenvalue weighted by molar-refractivity contribution is 8.24. The molecule has 5 heterocycles. The van der Waals surface area contributed by atoms with Crippen LogP contribution in [0.3, 0.4) is 0 Å². The summed E-state index contributed by atoms with van der Waals surface area (Å²) in [5.74, 6) is -2.95. The summed E-state index contributed by atoms with van der Waals surface area (Å²) in [4.78, 5) is 51.4. The molecule has 0 saturated carbocycles. The number of nitrogens with one attached hydrogen (secondary N) is 2. The molecule has 0 bridgehead atoms. The van der Waals surface area contributed by atoms with Crippen molar-refractivity contribution in [3.8, 4) is 5.75 Å². The fraction of sp³-hybridized carbons (Fsp3) is 0.389. The van der Waals surface area contributed by atoms with E-state index in [2.05, 4.69) is 10.2 Å². The van der Waals surface area contributed by atoms with Gasteiger partial charge in [-0.25, -0.2) is 26.6 Å². The van der Waals surface area contributed by atoms with Crippen molar-refractivity contribution in [1.82, 2.24) is 28.4 Å². The summed E-state index contributed by atoms with van der Waals surface area (Å²) in [6, 6.07) is 11.1. The molecule has 0 aliphatic carbocycles. The Kier molecular flexibility index (Phi) is 9.29. The van der Waals surface area contributed by atoms with Crippen LogP contribution in [0, 0.1) is 5.82 Å². The topological polar surface area (TPSA) is 207 Å².